The van der Waals surface area contributed by atoms with E-state index in [-0.39, 0.29) is 11.6 Å². The molecule has 0 unspecified atom stereocenters. The monoisotopic (exact) mass is 590 g/mol. The van der Waals surface area contributed by atoms with E-state index >= 15 is 0 Å². The van der Waals surface area contributed by atoms with Crippen LogP contribution < -0.4 is 15.0 Å². The molecule has 3 heterocycles. The number of rotatable bonds is 8. The zero-order chi connectivity index (χ0) is 30.7. The standard InChI is InChI=1S/C34H31ClN6O2/c1-21-28(15-26(16-29(21)35)40-33(42)31-14-25(11-12-37-31)34(2,3)36-4)23-13-24-19-39-32(17-30(24)38-18-23)41(5)20-22-7-9-27(43-6)10-8-22/h7-19H,20H2,1-3,5-6H3,(H,40,42). The Balaban J connectivity index is 1.38. The van der Waals surface area contributed by atoms with Crippen molar-refractivity contribution in [3.8, 4) is 16.9 Å². The minimum atomic E-state index is -0.761. The molecule has 5 rings (SSSR count). The Bertz CT molecular complexity index is 1860. The predicted molar refractivity (Wildman–Crippen MR) is 172 cm³/mol. The summed E-state index contributed by atoms with van der Waals surface area (Å²) in [5.74, 6) is 1.24. The lowest BCUT2D eigenvalue weighted by atomic mass is 9.95. The summed E-state index contributed by atoms with van der Waals surface area (Å²) in [4.78, 5) is 32.5. The van der Waals surface area contributed by atoms with E-state index in [9.17, 15) is 4.79 Å². The number of carbonyl (C=O) groups is 1. The topological polar surface area (TPSA) is 84.6 Å². The number of nitrogens with zero attached hydrogens (tertiary/aromatic N) is 5. The number of hydrogen-bond donors (Lipinski definition) is 1. The summed E-state index contributed by atoms with van der Waals surface area (Å²) in [5, 5.41) is 4.30. The van der Waals surface area contributed by atoms with Crippen LogP contribution >= 0.6 is 11.6 Å². The second-order valence-electron chi connectivity index (χ2n) is 10.8. The molecule has 216 valence electrons. The SMILES string of the molecule is [C-]#[N+]C(C)(C)c1ccnc(C(=O)Nc2cc(Cl)c(C)c(-c3cnc4cc(N(C)Cc5ccc(OC)cc5)ncc4c3)c2)c1. The van der Waals surface area contributed by atoms with E-state index in [0.29, 0.717) is 17.3 Å². The highest BCUT2D eigenvalue weighted by atomic mass is 35.5. The van der Waals surface area contributed by atoms with Gasteiger partial charge in [-0.3, -0.25) is 14.8 Å². The maximum absolute atomic E-state index is 13.1. The van der Waals surface area contributed by atoms with E-state index in [2.05, 4.69) is 25.0 Å². The fraction of sp³-hybridized carbons (Fsp3) is 0.206. The van der Waals surface area contributed by atoms with Crippen LogP contribution in [0.2, 0.25) is 5.02 Å². The summed E-state index contributed by atoms with van der Waals surface area (Å²) in [7, 11) is 3.65. The van der Waals surface area contributed by atoms with Gasteiger partial charge in [0.05, 0.1) is 12.6 Å². The molecule has 0 radical (unpaired) electrons. The van der Waals surface area contributed by atoms with Crippen molar-refractivity contribution in [2.75, 3.05) is 24.4 Å². The van der Waals surface area contributed by atoms with Crippen LogP contribution in [0.25, 0.3) is 26.9 Å². The van der Waals surface area contributed by atoms with Gasteiger partial charge in [0.2, 0.25) is 0 Å². The minimum Gasteiger partial charge on any atom is -0.497 e. The lowest BCUT2D eigenvalue weighted by molar-refractivity contribution is 0.102. The maximum atomic E-state index is 13.1. The Labute approximate surface area is 256 Å². The van der Waals surface area contributed by atoms with Crippen molar-refractivity contribution in [1.29, 1.82) is 0 Å². The van der Waals surface area contributed by atoms with Gasteiger partial charge in [0, 0.05) is 79.3 Å². The Hall–Kier alpha value is -5.00. The highest BCUT2D eigenvalue weighted by Crippen LogP contribution is 2.34. The molecule has 0 saturated heterocycles. The molecular formula is C34H31ClN6O2. The van der Waals surface area contributed by atoms with E-state index in [4.69, 9.17) is 27.9 Å². The number of halogens is 1. The van der Waals surface area contributed by atoms with Crippen LogP contribution in [0.3, 0.4) is 0 Å². The van der Waals surface area contributed by atoms with Crippen LogP contribution in [-0.2, 0) is 12.1 Å². The van der Waals surface area contributed by atoms with Crippen molar-refractivity contribution in [3.05, 3.63) is 118 Å². The average molecular weight is 591 g/mol. The van der Waals surface area contributed by atoms with Gasteiger partial charge in [0.15, 0.2) is 0 Å². The van der Waals surface area contributed by atoms with E-state index < -0.39 is 5.54 Å². The minimum absolute atomic E-state index is 0.221. The van der Waals surface area contributed by atoms with Gasteiger partial charge in [0.1, 0.15) is 17.3 Å². The molecule has 2 aromatic carbocycles. The number of carbonyl (C=O) groups excluding carboxylic acids is 1. The number of nitrogens with one attached hydrogen (secondary N) is 1. The van der Waals surface area contributed by atoms with Gasteiger partial charge in [-0.1, -0.05) is 23.7 Å². The number of methoxy groups -OCH3 is 1. The molecule has 9 heteroatoms. The van der Waals surface area contributed by atoms with Gasteiger partial charge >= 0.3 is 0 Å². The fourth-order valence-corrected chi connectivity index (χ4v) is 4.92. The van der Waals surface area contributed by atoms with Gasteiger partial charge < -0.3 is 19.8 Å². The quantitative estimate of drug-likeness (QED) is 0.186. The van der Waals surface area contributed by atoms with Crippen LogP contribution in [0.4, 0.5) is 11.5 Å². The molecule has 0 aliphatic carbocycles. The van der Waals surface area contributed by atoms with Crippen LogP contribution in [-0.4, -0.2) is 35.0 Å². The number of aromatic nitrogens is 3. The largest absolute Gasteiger partial charge is 0.497 e. The Morgan fingerprint density at radius 3 is 2.53 bits per heavy atom. The summed E-state index contributed by atoms with van der Waals surface area (Å²) < 4.78 is 5.25. The van der Waals surface area contributed by atoms with Gasteiger partial charge in [-0.05, 0) is 66.1 Å². The average Bonchev–Trinajstić information content (AvgIpc) is 3.02. The second-order valence-corrected chi connectivity index (χ2v) is 11.3. The molecule has 8 nitrogen and oxygen atoms in total. The van der Waals surface area contributed by atoms with Crippen LogP contribution in [0, 0.1) is 13.5 Å². The first-order valence-corrected chi connectivity index (χ1v) is 14.0. The molecule has 0 spiro atoms. The molecule has 0 aliphatic rings. The third kappa shape index (κ3) is 6.42. The molecule has 0 fully saturated rings. The Morgan fingerprint density at radius 1 is 1.05 bits per heavy atom. The molecule has 1 N–H and O–H groups in total. The number of anilines is 2. The van der Waals surface area contributed by atoms with Crippen LogP contribution in [0.1, 0.15) is 41.0 Å². The molecule has 1 amide bonds. The van der Waals surface area contributed by atoms with E-state index in [1.54, 1.807) is 51.6 Å². The summed E-state index contributed by atoms with van der Waals surface area (Å²) in [6, 6.07) is 18.9. The molecule has 3 aromatic heterocycles. The van der Waals surface area contributed by atoms with E-state index in [1.165, 1.54) is 0 Å². The molecule has 43 heavy (non-hydrogen) atoms. The zero-order valence-corrected chi connectivity index (χ0v) is 25.4. The third-order valence-electron chi connectivity index (χ3n) is 7.41. The third-order valence-corrected chi connectivity index (χ3v) is 7.81. The van der Waals surface area contributed by atoms with Gasteiger partial charge in [-0.25, -0.2) is 11.6 Å². The maximum Gasteiger partial charge on any atom is 0.274 e. The molecule has 0 saturated carbocycles. The molecule has 0 aliphatic heterocycles. The van der Waals surface area contributed by atoms with E-state index in [0.717, 1.165) is 50.3 Å². The number of ether oxygens (including phenoxy) is 1. The Kier molecular flexibility index (Phi) is 8.29. The first kappa shape index (κ1) is 29.5. The van der Waals surface area contributed by atoms with Crippen molar-refractivity contribution in [1.82, 2.24) is 15.0 Å². The number of pyridine rings is 3. The smallest absolute Gasteiger partial charge is 0.274 e. The summed E-state index contributed by atoms with van der Waals surface area (Å²) in [5.41, 5.74) is 5.22. The number of hydrogen-bond acceptors (Lipinski definition) is 6. The lowest BCUT2D eigenvalue weighted by Crippen LogP contribution is -2.17. The zero-order valence-electron chi connectivity index (χ0n) is 24.6. The first-order chi connectivity index (χ1) is 20.6. The predicted octanol–water partition coefficient (Wildman–Crippen LogP) is 7.71. The second kappa shape index (κ2) is 12.1. The van der Waals surface area contributed by atoms with Gasteiger partial charge in [-0.2, -0.15) is 0 Å². The highest BCUT2D eigenvalue weighted by molar-refractivity contribution is 6.32. The van der Waals surface area contributed by atoms with Crippen molar-refractivity contribution in [3.63, 3.8) is 0 Å². The van der Waals surface area contributed by atoms with Crippen molar-refractivity contribution >= 4 is 39.9 Å². The fourth-order valence-electron chi connectivity index (χ4n) is 4.70. The summed E-state index contributed by atoms with van der Waals surface area (Å²) in [6.07, 6.45) is 5.16. The number of fused-ring (bicyclic) bond motifs is 1. The normalized spacial score (nSPS) is 11.2. The van der Waals surface area contributed by atoms with E-state index in [1.807, 2.05) is 62.6 Å². The lowest BCUT2D eigenvalue weighted by Gasteiger charge is -2.19. The molecular weight excluding hydrogens is 560 g/mol. The van der Waals surface area contributed by atoms with Crippen molar-refractivity contribution in [2.24, 2.45) is 0 Å². The first-order valence-electron chi connectivity index (χ1n) is 13.6. The van der Waals surface area contributed by atoms with Crippen LogP contribution in [0.15, 0.2) is 79.3 Å². The molecule has 5 aromatic rings. The molecule has 0 atom stereocenters. The summed E-state index contributed by atoms with van der Waals surface area (Å²) in [6.45, 7) is 13.7. The highest BCUT2D eigenvalue weighted by Gasteiger charge is 2.27. The van der Waals surface area contributed by atoms with Crippen molar-refractivity contribution in [2.45, 2.75) is 32.9 Å². The summed E-state index contributed by atoms with van der Waals surface area (Å²) >= 11 is 6.61. The van der Waals surface area contributed by atoms with Gasteiger partial charge in [0.25, 0.3) is 11.4 Å². The molecule has 0 bridgehead atoms. The van der Waals surface area contributed by atoms with Gasteiger partial charge in [-0.15, -0.1) is 0 Å². The van der Waals surface area contributed by atoms with Crippen molar-refractivity contribution < 1.29 is 9.53 Å². The van der Waals surface area contributed by atoms with Crippen LogP contribution in [0.5, 0.6) is 5.75 Å². The Morgan fingerprint density at radius 2 is 1.81 bits per heavy atom. The number of benzene rings is 2. The number of amides is 1.